The average Bonchev–Trinajstić information content (AvgIpc) is 2.26. The van der Waals surface area contributed by atoms with Crippen molar-refractivity contribution < 1.29 is 14.2 Å². The molecule has 0 bridgehead atoms. The first-order valence-electron chi connectivity index (χ1n) is 4.01. The molecule has 0 aliphatic heterocycles. The summed E-state index contributed by atoms with van der Waals surface area (Å²) in [5, 5.41) is 8.81. The summed E-state index contributed by atoms with van der Waals surface area (Å²) in [6, 6.07) is 7.04. The van der Waals surface area contributed by atoms with E-state index in [1.807, 2.05) is 6.07 Å². The van der Waals surface area contributed by atoms with Crippen molar-refractivity contribution in [2.75, 3.05) is 21.0 Å². The van der Waals surface area contributed by atoms with Crippen LogP contribution in [-0.2, 0) is 4.74 Å². The van der Waals surface area contributed by atoms with E-state index in [-0.39, 0.29) is 6.79 Å². The van der Waals surface area contributed by atoms with E-state index >= 15 is 0 Å². The van der Waals surface area contributed by atoms with Crippen LogP contribution in [-0.4, -0.2) is 21.0 Å². The van der Waals surface area contributed by atoms with Crippen molar-refractivity contribution >= 4 is 0 Å². The standard InChI is InChI=1S/C10H11NO3/c1-12-7-14-10-4-3-9(13-2)5-8(10)6-11/h3-5H,7H2,1-2H3. The maximum Gasteiger partial charge on any atom is 0.188 e. The summed E-state index contributed by atoms with van der Waals surface area (Å²) in [4.78, 5) is 0. The van der Waals surface area contributed by atoms with Crippen molar-refractivity contribution in [3.8, 4) is 17.6 Å². The van der Waals surface area contributed by atoms with Crippen LogP contribution in [0.2, 0.25) is 0 Å². The second-order valence-corrected chi connectivity index (χ2v) is 2.52. The Morgan fingerprint density at radius 3 is 2.71 bits per heavy atom. The highest BCUT2D eigenvalue weighted by Gasteiger charge is 2.04. The minimum absolute atomic E-state index is 0.126. The molecule has 0 aromatic heterocycles. The SMILES string of the molecule is COCOc1ccc(OC)cc1C#N. The zero-order chi connectivity index (χ0) is 10.4. The molecule has 0 saturated carbocycles. The average molecular weight is 193 g/mol. The molecular formula is C10H11NO3. The fourth-order valence-electron chi connectivity index (χ4n) is 0.972. The Kier molecular flexibility index (Phi) is 3.77. The fourth-order valence-corrected chi connectivity index (χ4v) is 0.972. The van der Waals surface area contributed by atoms with Crippen molar-refractivity contribution in [3.05, 3.63) is 23.8 Å². The molecular weight excluding hydrogens is 182 g/mol. The Morgan fingerprint density at radius 1 is 1.36 bits per heavy atom. The third-order valence-corrected chi connectivity index (χ3v) is 1.64. The summed E-state index contributed by atoms with van der Waals surface area (Å²) in [5.41, 5.74) is 0.432. The van der Waals surface area contributed by atoms with E-state index in [2.05, 4.69) is 0 Å². The van der Waals surface area contributed by atoms with Gasteiger partial charge in [0.2, 0.25) is 0 Å². The lowest BCUT2D eigenvalue weighted by Gasteiger charge is -2.07. The van der Waals surface area contributed by atoms with Crippen molar-refractivity contribution in [3.63, 3.8) is 0 Å². The molecule has 0 atom stereocenters. The molecule has 14 heavy (non-hydrogen) atoms. The smallest absolute Gasteiger partial charge is 0.188 e. The van der Waals surface area contributed by atoms with Crippen molar-refractivity contribution in [1.29, 1.82) is 5.26 Å². The van der Waals surface area contributed by atoms with Crippen molar-refractivity contribution in [1.82, 2.24) is 0 Å². The molecule has 0 amide bonds. The van der Waals surface area contributed by atoms with Crippen molar-refractivity contribution in [2.45, 2.75) is 0 Å². The van der Waals surface area contributed by atoms with Gasteiger partial charge < -0.3 is 14.2 Å². The van der Waals surface area contributed by atoms with Crippen LogP contribution in [0.15, 0.2) is 18.2 Å². The fraction of sp³-hybridized carbons (Fsp3) is 0.300. The van der Waals surface area contributed by atoms with Crippen LogP contribution in [0.5, 0.6) is 11.5 Å². The van der Waals surface area contributed by atoms with Gasteiger partial charge in [-0.1, -0.05) is 0 Å². The molecule has 0 aliphatic carbocycles. The van der Waals surface area contributed by atoms with Gasteiger partial charge in [0.25, 0.3) is 0 Å². The lowest BCUT2D eigenvalue weighted by molar-refractivity contribution is 0.0509. The van der Waals surface area contributed by atoms with Gasteiger partial charge in [-0.15, -0.1) is 0 Å². The molecule has 1 rings (SSSR count). The molecule has 4 heteroatoms. The summed E-state index contributed by atoms with van der Waals surface area (Å²) >= 11 is 0. The molecule has 1 aromatic rings. The summed E-state index contributed by atoms with van der Waals surface area (Å²) < 4.78 is 14.9. The minimum Gasteiger partial charge on any atom is -0.497 e. The van der Waals surface area contributed by atoms with Gasteiger partial charge in [0, 0.05) is 13.2 Å². The van der Waals surface area contributed by atoms with E-state index in [1.54, 1.807) is 25.3 Å². The highest BCUT2D eigenvalue weighted by Crippen LogP contribution is 2.23. The number of hydrogen-bond donors (Lipinski definition) is 0. The van der Waals surface area contributed by atoms with Gasteiger partial charge in [0.05, 0.1) is 12.7 Å². The summed E-state index contributed by atoms with van der Waals surface area (Å²) in [6.45, 7) is 0.126. The van der Waals surface area contributed by atoms with Crippen LogP contribution in [0.25, 0.3) is 0 Å². The largest absolute Gasteiger partial charge is 0.497 e. The lowest BCUT2D eigenvalue weighted by atomic mass is 10.2. The molecule has 1 aromatic carbocycles. The van der Waals surface area contributed by atoms with Gasteiger partial charge in [0.1, 0.15) is 17.6 Å². The number of nitrogens with zero attached hydrogens (tertiary/aromatic N) is 1. The Morgan fingerprint density at radius 2 is 2.14 bits per heavy atom. The molecule has 4 nitrogen and oxygen atoms in total. The lowest BCUT2D eigenvalue weighted by Crippen LogP contribution is -2.00. The van der Waals surface area contributed by atoms with E-state index in [0.29, 0.717) is 17.1 Å². The molecule has 0 heterocycles. The zero-order valence-corrected chi connectivity index (χ0v) is 8.11. The van der Waals surface area contributed by atoms with Gasteiger partial charge in [-0.2, -0.15) is 5.26 Å². The number of benzene rings is 1. The van der Waals surface area contributed by atoms with E-state index < -0.39 is 0 Å². The monoisotopic (exact) mass is 193 g/mol. The topological polar surface area (TPSA) is 51.5 Å². The molecule has 0 fully saturated rings. The van der Waals surface area contributed by atoms with E-state index in [4.69, 9.17) is 19.5 Å². The highest BCUT2D eigenvalue weighted by atomic mass is 16.7. The van der Waals surface area contributed by atoms with Gasteiger partial charge in [-0.3, -0.25) is 0 Å². The van der Waals surface area contributed by atoms with E-state index in [0.717, 1.165) is 0 Å². The molecule has 0 radical (unpaired) electrons. The second kappa shape index (κ2) is 5.10. The summed E-state index contributed by atoms with van der Waals surface area (Å²) in [7, 11) is 3.07. The first kappa shape index (κ1) is 10.4. The molecule has 0 aliphatic rings. The third-order valence-electron chi connectivity index (χ3n) is 1.64. The van der Waals surface area contributed by atoms with Gasteiger partial charge in [-0.05, 0) is 12.1 Å². The van der Waals surface area contributed by atoms with Gasteiger partial charge in [-0.25, -0.2) is 0 Å². The zero-order valence-electron chi connectivity index (χ0n) is 8.11. The van der Waals surface area contributed by atoms with Crippen LogP contribution >= 0.6 is 0 Å². The first-order chi connectivity index (χ1) is 6.81. The van der Waals surface area contributed by atoms with Crippen LogP contribution in [0.1, 0.15) is 5.56 Å². The predicted molar refractivity (Wildman–Crippen MR) is 50.2 cm³/mol. The van der Waals surface area contributed by atoms with Crippen LogP contribution in [0.4, 0.5) is 0 Å². The third kappa shape index (κ3) is 2.38. The molecule has 0 unspecified atom stereocenters. The highest BCUT2D eigenvalue weighted by molar-refractivity contribution is 5.47. The van der Waals surface area contributed by atoms with Gasteiger partial charge >= 0.3 is 0 Å². The molecule has 74 valence electrons. The molecule has 0 spiro atoms. The van der Waals surface area contributed by atoms with E-state index in [1.165, 1.54) is 7.11 Å². The number of ether oxygens (including phenoxy) is 3. The van der Waals surface area contributed by atoms with Crippen molar-refractivity contribution in [2.24, 2.45) is 0 Å². The minimum atomic E-state index is 0.126. The summed E-state index contributed by atoms with van der Waals surface area (Å²) in [5.74, 6) is 1.13. The summed E-state index contributed by atoms with van der Waals surface area (Å²) in [6.07, 6.45) is 0. The quantitative estimate of drug-likeness (QED) is 0.681. The van der Waals surface area contributed by atoms with Gasteiger partial charge in [0.15, 0.2) is 6.79 Å². The van der Waals surface area contributed by atoms with E-state index in [9.17, 15) is 0 Å². The van der Waals surface area contributed by atoms with Crippen LogP contribution in [0.3, 0.4) is 0 Å². The second-order valence-electron chi connectivity index (χ2n) is 2.52. The first-order valence-corrected chi connectivity index (χ1v) is 4.01. The molecule has 0 N–H and O–H groups in total. The maximum atomic E-state index is 8.81. The molecule has 0 saturated heterocycles. The van der Waals surface area contributed by atoms with Crippen LogP contribution in [0, 0.1) is 11.3 Å². The Balaban J connectivity index is 2.89. The number of hydrogen-bond acceptors (Lipinski definition) is 4. The maximum absolute atomic E-state index is 8.81. The Hall–Kier alpha value is -1.73. The normalized spacial score (nSPS) is 9.21. The Bertz CT molecular complexity index is 344. The predicted octanol–water partition coefficient (Wildman–Crippen LogP) is 1.55. The number of nitriles is 1. The number of rotatable bonds is 4. The number of methoxy groups -OCH3 is 2. The van der Waals surface area contributed by atoms with Crippen LogP contribution < -0.4 is 9.47 Å². The Labute approximate surface area is 82.6 Å².